The maximum atomic E-state index is 13.0. The van der Waals surface area contributed by atoms with Gasteiger partial charge in [0.25, 0.3) is 5.91 Å². The number of benzene rings is 2. The molecule has 2 amide bonds. The third-order valence-electron chi connectivity index (χ3n) is 4.81. The Bertz CT molecular complexity index is 916. The number of amides is 2. The first kappa shape index (κ1) is 22.3. The van der Waals surface area contributed by atoms with Crippen LogP contribution >= 0.6 is 23.4 Å². The van der Waals surface area contributed by atoms with Gasteiger partial charge in [-0.05, 0) is 36.6 Å². The Morgan fingerprint density at radius 2 is 1.80 bits per heavy atom. The fraction of sp³-hybridized carbons (Fsp3) is 0.364. The van der Waals surface area contributed by atoms with E-state index in [0.29, 0.717) is 33.5 Å². The molecule has 30 heavy (non-hydrogen) atoms. The number of nitrogens with zero attached hydrogens (tertiary/aromatic N) is 1. The largest absolute Gasteiger partial charge is 0.493 e. The number of methoxy groups -OCH3 is 2. The van der Waals surface area contributed by atoms with E-state index in [2.05, 4.69) is 5.32 Å². The van der Waals surface area contributed by atoms with Crippen LogP contribution in [0.25, 0.3) is 0 Å². The summed E-state index contributed by atoms with van der Waals surface area (Å²) in [6.07, 6.45) is 1.97. The molecule has 1 saturated heterocycles. The van der Waals surface area contributed by atoms with Crippen molar-refractivity contribution in [1.82, 2.24) is 4.90 Å². The van der Waals surface area contributed by atoms with Crippen LogP contribution in [0.15, 0.2) is 36.4 Å². The van der Waals surface area contributed by atoms with E-state index in [1.54, 1.807) is 17.0 Å². The lowest BCUT2D eigenvalue weighted by Crippen LogP contribution is -2.29. The molecule has 2 aromatic rings. The Kier molecular flexibility index (Phi) is 7.87. The van der Waals surface area contributed by atoms with E-state index < -0.39 is 0 Å². The van der Waals surface area contributed by atoms with Gasteiger partial charge in [-0.1, -0.05) is 23.7 Å². The summed E-state index contributed by atoms with van der Waals surface area (Å²) in [7, 11) is 3.04. The van der Waals surface area contributed by atoms with Crippen molar-refractivity contribution in [2.75, 3.05) is 38.4 Å². The summed E-state index contributed by atoms with van der Waals surface area (Å²) in [4.78, 5) is 27.4. The number of carbonyl (C=O) groups excluding carboxylic acids is 2. The molecule has 0 bridgehead atoms. The van der Waals surface area contributed by atoms with Crippen LogP contribution in [0.4, 0.5) is 5.69 Å². The number of likely N-dealkylation sites (tertiary alicyclic amines) is 1. The van der Waals surface area contributed by atoms with E-state index in [-0.39, 0.29) is 17.6 Å². The minimum atomic E-state index is -0.190. The summed E-state index contributed by atoms with van der Waals surface area (Å²) < 4.78 is 10.7. The van der Waals surface area contributed by atoms with Gasteiger partial charge in [-0.2, -0.15) is 0 Å². The number of anilines is 1. The van der Waals surface area contributed by atoms with Crippen LogP contribution in [0.3, 0.4) is 0 Å². The molecule has 0 spiro atoms. The maximum absolute atomic E-state index is 13.0. The number of thioether (sulfide) groups is 1. The average Bonchev–Trinajstić information content (AvgIpc) is 3.28. The maximum Gasteiger partial charge on any atom is 0.256 e. The number of hydrogen-bond donors (Lipinski definition) is 1. The fourth-order valence-electron chi connectivity index (χ4n) is 3.32. The lowest BCUT2D eigenvalue weighted by molar-refractivity contribution is -0.113. The lowest BCUT2D eigenvalue weighted by atomic mass is 10.1. The third-order valence-corrected chi connectivity index (χ3v) is 6.05. The standard InChI is InChI=1S/C22H25ClN2O4S/c1-28-19-11-17(22(27)25-8-3-4-9-25)18(12-20(19)29-2)24-21(26)14-30-13-15-6-5-7-16(23)10-15/h5-7,10-12H,3-4,8-9,13-14H2,1-2H3,(H,24,26). The van der Waals surface area contributed by atoms with Gasteiger partial charge in [-0.15, -0.1) is 11.8 Å². The zero-order valence-corrected chi connectivity index (χ0v) is 18.6. The van der Waals surface area contributed by atoms with Crippen LogP contribution in [-0.4, -0.2) is 49.8 Å². The normalized spacial score (nSPS) is 13.2. The van der Waals surface area contributed by atoms with E-state index in [0.717, 1.165) is 31.5 Å². The SMILES string of the molecule is COc1cc(NC(=O)CSCc2cccc(Cl)c2)c(C(=O)N2CCCC2)cc1OC. The summed E-state index contributed by atoms with van der Waals surface area (Å²) in [6.45, 7) is 1.44. The molecule has 3 rings (SSSR count). The third kappa shape index (κ3) is 5.61. The molecule has 1 fully saturated rings. The van der Waals surface area contributed by atoms with E-state index in [1.165, 1.54) is 26.0 Å². The van der Waals surface area contributed by atoms with E-state index in [1.807, 2.05) is 24.3 Å². The Labute approximate surface area is 185 Å². The molecule has 1 N–H and O–H groups in total. The summed E-state index contributed by atoms with van der Waals surface area (Å²) in [5.74, 6) is 1.52. The molecule has 6 nitrogen and oxygen atoms in total. The van der Waals surface area contributed by atoms with Gasteiger partial charge in [-0.25, -0.2) is 0 Å². The molecule has 2 aromatic carbocycles. The second kappa shape index (κ2) is 10.6. The Morgan fingerprint density at radius 1 is 1.10 bits per heavy atom. The molecule has 0 aromatic heterocycles. The molecular formula is C22H25ClN2O4S. The molecule has 1 aliphatic heterocycles. The van der Waals surface area contributed by atoms with Crippen LogP contribution in [0.1, 0.15) is 28.8 Å². The number of ether oxygens (including phenoxy) is 2. The van der Waals surface area contributed by atoms with Crippen LogP contribution in [0, 0.1) is 0 Å². The topological polar surface area (TPSA) is 67.9 Å². The first-order valence-corrected chi connectivity index (χ1v) is 11.2. The Hall–Kier alpha value is -2.38. The molecular weight excluding hydrogens is 424 g/mol. The van der Waals surface area contributed by atoms with E-state index in [9.17, 15) is 9.59 Å². The van der Waals surface area contributed by atoms with E-state index >= 15 is 0 Å². The van der Waals surface area contributed by atoms with Crippen molar-refractivity contribution in [2.45, 2.75) is 18.6 Å². The Balaban J connectivity index is 1.72. The second-order valence-electron chi connectivity index (χ2n) is 6.92. The second-order valence-corrected chi connectivity index (χ2v) is 8.35. The summed E-state index contributed by atoms with van der Waals surface area (Å²) in [6, 6.07) is 10.8. The minimum Gasteiger partial charge on any atom is -0.493 e. The zero-order valence-electron chi connectivity index (χ0n) is 17.1. The highest BCUT2D eigenvalue weighted by Crippen LogP contribution is 2.34. The van der Waals surface area contributed by atoms with Gasteiger partial charge < -0.3 is 19.7 Å². The predicted octanol–water partition coefficient (Wildman–Crippen LogP) is 4.47. The average molecular weight is 449 g/mol. The molecule has 0 aliphatic carbocycles. The summed E-state index contributed by atoms with van der Waals surface area (Å²) in [5, 5.41) is 3.54. The number of halogens is 1. The summed E-state index contributed by atoms with van der Waals surface area (Å²) >= 11 is 7.48. The number of rotatable bonds is 8. The van der Waals surface area contributed by atoms with E-state index in [4.69, 9.17) is 21.1 Å². The van der Waals surface area contributed by atoms with Crippen molar-refractivity contribution in [2.24, 2.45) is 0 Å². The van der Waals surface area contributed by atoms with Crippen molar-refractivity contribution in [3.05, 3.63) is 52.5 Å². The van der Waals surface area contributed by atoms with Crippen LogP contribution in [0.2, 0.25) is 5.02 Å². The highest BCUT2D eigenvalue weighted by atomic mass is 35.5. The van der Waals surface area contributed by atoms with Gasteiger partial charge in [0.05, 0.1) is 31.2 Å². The molecule has 8 heteroatoms. The number of carbonyl (C=O) groups is 2. The molecule has 0 radical (unpaired) electrons. The first-order chi connectivity index (χ1) is 14.5. The molecule has 160 valence electrons. The number of nitrogens with one attached hydrogen (secondary N) is 1. The van der Waals surface area contributed by atoms with Crippen LogP contribution in [0.5, 0.6) is 11.5 Å². The van der Waals surface area contributed by atoms with Gasteiger partial charge >= 0.3 is 0 Å². The molecule has 0 atom stereocenters. The number of hydrogen-bond acceptors (Lipinski definition) is 5. The first-order valence-electron chi connectivity index (χ1n) is 9.69. The van der Waals surface area contributed by atoms with Crippen molar-refractivity contribution in [1.29, 1.82) is 0 Å². The molecule has 1 heterocycles. The van der Waals surface area contributed by atoms with Gasteiger partial charge in [0, 0.05) is 29.9 Å². The predicted molar refractivity (Wildman–Crippen MR) is 121 cm³/mol. The van der Waals surface area contributed by atoms with Crippen LogP contribution in [-0.2, 0) is 10.5 Å². The zero-order chi connectivity index (χ0) is 21.5. The fourth-order valence-corrected chi connectivity index (χ4v) is 4.31. The van der Waals surface area contributed by atoms with Crippen molar-refractivity contribution in [3.63, 3.8) is 0 Å². The molecule has 0 saturated carbocycles. The van der Waals surface area contributed by atoms with Crippen molar-refractivity contribution in [3.8, 4) is 11.5 Å². The monoisotopic (exact) mass is 448 g/mol. The van der Waals surface area contributed by atoms with Gasteiger partial charge in [-0.3, -0.25) is 9.59 Å². The van der Waals surface area contributed by atoms with Gasteiger partial charge in [0.15, 0.2) is 11.5 Å². The lowest BCUT2D eigenvalue weighted by Gasteiger charge is -2.20. The summed E-state index contributed by atoms with van der Waals surface area (Å²) in [5.41, 5.74) is 1.89. The highest BCUT2D eigenvalue weighted by Gasteiger charge is 2.25. The van der Waals surface area contributed by atoms with Gasteiger partial charge in [0.2, 0.25) is 5.91 Å². The highest BCUT2D eigenvalue weighted by molar-refractivity contribution is 7.99. The quantitative estimate of drug-likeness (QED) is 0.645. The van der Waals surface area contributed by atoms with Crippen molar-refractivity contribution < 1.29 is 19.1 Å². The molecule has 1 aliphatic rings. The van der Waals surface area contributed by atoms with Gasteiger partial charge in [0.1, 0.15) is 0 Å². The minimum absolute atomic E-state index is 0.115. The Morgan fingerprint density at radius 3 is 2.47 bits per heavy atom. The van der Waals surface area contributed by atoms with Crippen molar-refractivity contribution >= 4 is 40.9 Å². The smallest absolute Gasteiger partial charge is 0.256 e. The van der Waals surface area contributed by atoms with Crippen LogP contribution < -0.4 is 14.8 Å². The molecule has 0 unspecified atom stereocenters.